The van der Waals surface area contributed by atoms with E-state index in [2.05, 4.69) is 5.32 Å². The van der Waals surface area contributed by atoms with Gasteiger partial charge in [0.2, 0.25) is 5.91 Å². The van der Waals surface area contributed by atoms with Crippen LogP contribution >= 0.6 is 0 Å². The molecule has 0 saturated carbocycles. The first-order valence-electron chi connectivity index (χ1n) is 8.73. The number of hydrogen-bond acceptors (Lipinski definition) is 3. The van der Waals surface area contributed by atoms with Crippen molar-refractivity contribution < 1.29 is 19.5 Å². The molecule has 0 aromatic heterocycles. The van der Waals surface area contributed by atoms with E-state index in [0.29, 0.717) is 11.3 Å². The van der Waals surface area contributed by atoms with Crippen LogP contribution in [0.25, 0.3) is 0 Å². The summed E-state index contributed by atoms with van der Waals surface area (Å²) in [6, 6.07) is 10.4. The van der Waals surface area contributed by atoms with E-state index in [9.17, 15) is 14.4 Å². The normalized spacial score (nSPS) is 12.5. The Labute approximate surface area is 152 Å². The molecular weight excluding hydrogens is 330 g/mol. The monoisotopic (exact) mass is 351 g/mol. The molecule has 0 saturated heterocycles. The summed E-state index contributed by atoms with van der Waals surface area (Å²) in [6.07, 6.45) is 3.40. The maximum absolute atomic E-state index is 12.4. The highest BCUT2D eigenvalue weighted by atomic mass is 16.4. The predicted octanol–water partition coefficient (Wildman–Crippen LogP) is 3.78. The summed E-state index contributed by atoms with van der Waals surface area (Å²) in [5.41, 5.74) is 4.55. The van der Waals surface area contributed by atoms with Crippen LogP contribution in [0.2, 0.25) is 0 Å². The van der Waals surface area contributed by atoms with E-state index in [4.69, 9.17) is 5.11 Å². The van der Waals surface area contributed by atoms with Gasteiger partial charge in [0.15, 0.2) is 5.78 Å². The fraction of sp³-hybridized carbons (Fsp3) is 0.286. The molecule has 2 N–H and O–H groups in total. The number of benzene rings is 2. The molecule has 134 valence electrons. The van der Waals surface area contributed by atoms with Crippen molar-refractivity contribution in [1.82, 2.24) is 0 Å². The second kappa shape index (κ2) is 7.52. The molecule has 0 fully saturated rings. The third-order valence-electron chi connectivity index (χ3n) is 4.76. The number of ketones is 1. The first-order valence-corrected chi connectivity index (χ1v) is 8.73. The van der Waals surface area contributed by atoms with E-state index in [1.807, 2.05) is 18.2 Å². The molecule has 3 rings (SSSR count). The van der Waals surface area contributed by atoms with Crippen molar-refractivity contribution in [2.75, 3.05) is 5.32 Å². The maximum Gasteiger partial charge on any atom is 0.335 e. The van der Waals surface area contributed by atoms with Crippen LogP contribution in [-0.2, 0) is 17.6 Å². The molecule has 0 aliphatic heterocycles. The van der Waals surface area contributed by atoms with E-state index < -0.39 is 5.97 Å². The number of hydrogen-bond donors (Lipinski definition) is 2. The standard InChI is InChI=1S/C21H21NO4/c1-13-5-6-17(21(25)26)12-18(13)22-20(24)10-9-19(23)16-8-7-14-3-2-4-15(14)11-16/h5-8,11-12H,2-4,9-10H2,1H3,(H,22,24)(H,25,26). The van der Waals surface area contributed by atoms with E-state index in [1.54, 1.807) is 13.0 Å². The van der Waals surface area contributed by atoms with Crippen molar-refractivity contribution in [2.24, 2.45) is 0 Å². The zero-order valence-corrected chi connectivity index (χ0v) is 14.7. The molecule has 0 bridgehead atoms. The van der Waals surface area contributed by atoms with Gasteiger partial charge in [0, 0.05) is 24.1 Å². The van der Waals surface area contributed by atoms with E-state index in [-0.39, 0.29) is 30.1 Å². The van der Waals surface area contributed by atoms with E-state index in [1.165, 1.54) is 23.3 Å². The van der Waals surface area contributed by atoms with Gasteiger partial charge in [-0.3, -0.25) is 9.59 Å². The Morgan fingerprint density at radius 1 is 0.962 bits per heavy atom. The summed E-state index contributed by atoms with van der Waals surface area (Å²) in [4.78, 5) is 35.6. The van der Waals surface area contributed by atoms with Crippen molar-refractivity contribution >= 4 is 23.3 Å². The van der Waals surface area contributed by atoms with Crippen LogP contribution < -0.4 is 5.32 Å². The van der Waals surface area contributed by atoms with Gasteiger partial charge in [0.1, 0.15) is 0 Å². The second-order valence-electron chi connectivity index (χ2n) is 6.64. The van der Waals surface area contributed by atoms with Crippen LogP contribution in [0.15, 0.2) is 36.4 Å². The average molecular weight is 351 g/mol. The molecule has 5 nitrogen and oxygen atoms in total. The van der Waals surface area contributed by atoms with Crippen molar-refractivity contribution in [2.45, 2.75) is 39.0 Å². The summed E-state index contributed by atoms with van der Waals surface area (Å²) < 4.78 is 0. The number of Topliss-reactive ketones (excluding diaryl/α,β-unsaturated/α-hetero) is 1. The number of carboxylic acid groups (broad SMARTS) is 1. The van der Waals surface area contributed by atoms with Crippen molar-refractivity contribution in [1.29, 1.82) is 0 Å². The van der Waals surface area contributed by atoms with Gasteiger partial charge >= 0.3 is 5.97 Å². The first-order chi connectivity index (χ1) is 12.4. The fourth-order valence-corrected chi connectivity index (χ4v) is 3.22. The number of rotatable bonds is 6. The molecule has 2 aromatic rings. The fourth-order valence-electron chi connectivity index (χ4n) is 3.22. The Kier molecular flexibility index (Phi) is 5.16. The minimum Gasteiger partial charge on any atom is -0.478 e. The molecule has 0 spiro atoms. The van der Waals surface area contributed by atoms with Gasteiger partial charge < -0.3 is 10.4 Å². The zero-order chi connectivity index (χ0) is 18.7. The van der Waals surface area contributed by atoms with Crippen LogP contribution in [0.4, 0.5) is 5.69 Å². The smallest absolute Gasteiger partial charge is 0.335 e. The highest BCUT2D eigenvalue weighted by Gasteiger charge is 2.15. The van der Waals surface area contributed by atoms with Gasteiger partial charge in [-0.1, -0.05) is 18.2 Å². The van der Waals surface area contributed by atoms with Crippen molar-refractivity contribution in [3.8, 4) is 0 Å². The lowest BCUT2D eigenvalue weighted by atomic mass is 10.0. The molecule has 5 heteroatoms. The number of nitrogens with one attached hydrogen (secondary N) is 1. The Balaban J connectivity index is 1.60. The van der Waals surface area contributed by atoms with E-state index >= 15 is 0 Å². The van der Waals surface area contributed by atoms with Crippen molar-refractivity contribution in [3.05, 3.63) is 64.2 Å². The maximum atomic E-state index is 12.4. The quantitative estimate of drug-likeness (QED) is 0.776. The highest BCUT2D eigenvalue weighted by Crippen LogP contribution is 2.23. The minimum atomic E-state index is -1.05. The summed E-state index contributed by atoms with van der Waals surface area (Å²) in [7, 11) is 0. The number of carboxylic acids is 1. The SMILES string of the molecule is Cc1ccc(C(=O)O)cc1NC(=O)CCC(=O)c1ccc2c(c1)CCC2. The Morgan fingerprint density at radius 3 is 2.46 bits per heavy atom. The molecule has 26 heavy (non-hydrogen) atoms. The lowest BCUT2D eigenvalue weighted by molar-refractivity contribution is -0.116. The lowest BCUT2D eigenvalue weighted by Gasteiger charge is -2.09. The number of amides is 1. The summed E-state index contributed by atoms with van der Waals surface area (Å²) in [5.74, 6) is -1.40. The number of aryl methyl sites for hydroxylation is 3. The van der Waals surface area contributed by atoms with Crippen LogP contribution in [0.1, 0.15) is 56.7 Å². The van der Waals surface area contributed by atoms with Gasteiger partial charge in [-0.15, -0.1) is 0 Å². The van der Waals surface area contributed by atoms with Gasteiger partial charge in [-0.2, -0.15) is 0 Å². The molecule has 0 unspecified atom stereocenters. The van der Waals surface area contributed by atoms with Gasteiger partial charge in [-0.25, -0.2) is 4.79 Å². The number of fused-ring (bicyclic) bond motifs is 1. The predicted molar refractivity (Wildman–Crippen MR) is 98.8 cm³/mol. The van der Waals surface area contributed by atoms with Crippen LogP contribution in [0.5, 0.6) is 0 Å². The zero-order valence-electron chi connectivity index (χ0n) is 14.7. The lowest BCUT2D eigenvalue weighted by Crippen LogP contribution is -2.15. The Hall–Kier alpha value is -2.95. The molecule has 0 heterocycles. The first kappa shape index (κ1) is 17.9. The molecule has 1 aliphatic carbocycles. The minimum absolute atomic E-state index is 0.0501. The number of carbonyl (C=O) groups is 3. The molecule has 1 amide bonds. The summed E-state index contributed by atoms with van der Waals surface area (Å²) in [5, 5.41) is 11.7. The molecule has 1 aliphatic rings. The summed E-state index contributed by atoms with van der Waals surface area (Å²) >= 11 is 0. The number of aromatic carboxylic acids is 1. The topological polar surface area (TPSA) is 83.5 Å². The highest BCUT2D eigenvalue weighted by molar-refractivity contribution is 6.00. The van der Waals surface area contributed by atoms with Gasteiger partial charge in [-0.05, 0) is 61.1 Å². The van der Waals surface area contributed by atoms with Crippen LogP contribution in [0.3, 0.4) is 0 Å². The van der Waals surface area contributed by atoms with Gasteiger partial charge in [0.25, 0.3) is 0 Å². The third kappa shape index (κ3) is 3.99. The molecule has 2 aromatic carbocycles. The second-order valence-corrected chi connectivity index (χ2v) is 6.64. The molecule has 0 radical (unpaired) electrons. The van der Waals surface area contributed by atoms with Gasteiger partial charge in [0.05, 0.1) is 5.56 Å². The third-order valence-corrected chi connectivity index (χ3v) is 4.76. The van der Waals surface area contributed by atoms with Crippen LogP contribution in [0, 0.1) is 6.92 Å². The van der Waals surface area contributed by atoms with E-state index in [0.717, 1.165) is 24.8 Å². The Morgan fingerprint density at radius 2 is 1.69 bits per heavy atom. The molecular formula is C21H21NO4. The largest absolute Gasteiger partial charge is 0.478 e. The van der Waals surface area contributed by atoms with Crippen molar-refractivity contribution in [3.63, 3.8) is 0 Å². The Bertz CT molecular complexity index is 886. The summed E-state index contributed by atoms with van der Waals surface area (Å²) in [6.45, 7) is 1.79. The van der Waals surface area contributed by atoms with Crippen LogP contribution in [-0.4, -0.2) is 22.8 Å². The average Bonchev–Trinajstić information content (AvgIpc) is 3.09. The number of anilines is 1. The number of carbonyl (C=O) groups excluding carboxylic acids is 2. The molecule has 0 atom stereocenters.